The summed E-state index contributed by atoms with van der Waals surface area (Å²) in [7, 11) is 0. The molecule has 0 aromatic carbocycles. The third kappa shape index (κ3) is 3.42. The van der Waals surface area contributed by atoms with Gasteiger partial charge in [0.2, 0.25) is 10.1 Å². The molecule has 2 aromatic rings. The first-order valence-corrected chi connectivity index (χ1v) is 5.97. The lowest BCUT2D eigenvalue weighted by Gasteiger charge is -2.02. The standard InChI is InChI=1S/C9H10F3N5S/c10-9(11,12)7-15-16-8(18-7)14-2-1-4-17-5-3-13-6-17/h3,5-6H,1-2,4H2,(H,14,16). The summed E-state index contributed by atoms with van der Waals surface area (Å²) < 4.78 is 38.6. The lowest BCUT2D eigenvalue weighted by Crippen LogP contribution is -2.05. The van der Waals surface area contributed by atoms with E-state index in [0.29, 0.717) is 17.9 Å². The Hall–Kier alpha value is -1.64. The van der Waals surface area contributed by atoms with Crippen LogP contribution in [0.15, 0.2) is 18.7 Å². The van der Waals surface area contributed by atoms with Crippen molar-refractivity contribution in [2.75, 3.05) is 11.9 Å². The van der Waals surface area contributed by atoms with Gasteiger partial charge in [-0.3, -0.25) is 0 Å². The highest BCUT2D eigenvalue weighted by Crippen LogP contribution is 2.32. The van der Waals surface area contributed by atoms with Crippen molar-refractivity contribution >= 4 is 16.5 Å². The Morgan fingerprint density at radius 2 is 2.17 bits per heavy atom. The molecule has 1 N–H and O–H groups in total. The number of anilines is 1. The number of aryl methyl sites for hydroxylation is 1. The first kappa shape index (κ1) is 12.8. The van der Waals surface area contributed by atoms with Crippen molar-refractivity contribution in [1.82, 2.24) is 19.7 Å². The van der Waals surface area contributed by atoms with Crippen molar-refractivity contribution in [3.05, 3.63) is 23.7 Å². The van der Waals surface area contributed by atoms with Crippen LogP contribution in [0.1, 0.15) is 11.4 Å². The summed E-state index contributed by atoms with van der Waals surface area (Å²) in [6.45, 7) is 1.28. The fourth-order valence-electron chi connectivity index (χ4n) is 1.29. The molecule has 2 rings (SSSR count). The van der Waals surface area contributed by atoms with Crippen LogP contribution < -0.4 is 5.32 Å². The lowest BCUT2D eigenvalue weighted by atomic mass is 10.4. The van der Waals surface area contributed by atoms with E-state index in [1.807, 2.05) is 10.8 Å². The number of alkyl halides is 3. The molecule has 0 fully saturated rings. The predicted molar refractivity (Wildman–Crippen MR) is 60.2 cm³/mol. The van der Waals surface area contributed by atoms with Gasteiger partial charge in [0.05, 0.1) is 6.33 Å². The zero-order valence-electron chi connectivity index (χ0n) is 9.18. The van der Waals surface area contributed by atoms with Gasteiger partial charge in [-0.1, -0.05) is 11.3 Å². The molecule has 2 aromatic heterocycles. The highest BCUT2D eigenvalue weighted by Gasteiger charge is 2.35. The van der Waals surface area contributed by atoms with E-state index in [-0.39, 0.29) is 5.13 Å². The van der Waals surface area contributed by atoms with Crippen molar-refractivity contribution in [2.24, 2.45) is 0 Å². The quantitative estimate of drug-likeness (QED) is 0.852. The van der Waals surface area contributed by atoms with Crippen molar-refractivity contribution in [2.45, 2.75) is 19.1 Å². The number of aromatic nitrogens is 4. The summed E-state index contributed by atoms with van der Waals surface area (Å²) in [5.41, 5.74) is 0. The van der Waals surface area contributed by atoms with Crippen LogP contribution in [0, 0.1) is 0 Å². The summed E-state index contributed by atoms with van der Waals surface area (Å²) in [6.07, 6.45) is 1.53. The highest BCUT2D eigenvalue weighted by molar-refractivity contribution is 7.15. The Morgan fingerprint density at radius 3 is 2.78 bits per heavy atom. The van der Waals surface area contributed by atoms with Crippen LogP contribution >= 0.6 is 11.3 Å². The van der Waals surface area contributed by atoms with Gasteiger partial charge in [0.15, 0.2) is 0 Å². The number of nitrogens with one attached hydrogen (secondary N) is 1. The maximum atomic E-state index is 12.2. The third-order valence-corrected chi connectivity index (χ3v) is 3.02. The van der Waals surface area contributed by atoms with E-state index in [2.05, 4.69) is 20.5 Å². The molecule has 9 heteroatoms. The van der Waals surface area contributed by atoms with Gasteiger partial charge in [0, 0.05) is 25.5 Å². The molecule has 0 unspecified atom stereocenters. The second kappa shape index (κ2) is 5.34. The second-order valence-corrected chi connectivity index (χ2v) is 4.47. The molecular formula is C9H10F3N5S. The molecule has 5 nitrogen and oxygen atoms in total. The maximum absolute atomic E-state index is 12.2. The van der Waals surface area contributed by atoms with Crippen molar-refractivity contribution < 1.29 is 13.2 Å². The molecule has 0 aliphatic heterocycles. The number of rotatable bonds is 5. The number of imidazole rings is 1. The smallest absolute Gasteiger partial charge is 0.360 e. The summed E-state index contributed by atoms with van der Waals surface area (Å²) >= 11 is 0.510. The average molecular weight is 277 g/mol. The van der Waals surface area contributed by atoms with Crippen molar-refractivity contribution in [3.8, 4) is 0 Å². The van der Waals surface area contributed by atoms with Gasteiger partial charge in [0.25, 0.3) is 0 Å². The van der Waals surface area contributed by atoms with E-state index >= 15 is 0 Å². The van der Waals surface area contributed by atoms with Gasteiger partial charge in [-0.25, -0.2) is 4.98 Å². The third-order valence-electron chi connectivity index (χ3n) is 2.10. The van der Waals surface area contributed by atoms with E-state index in [1.165, 1.54) is 0 Å². The first-order valence-electron chi connectivity index (χ1n) is 5.16. The van der Waals surface area contributed by atoms with Crippen LogP contribution in [0.4, 0.5) is 18.3 Å². The van der Waals surface area contributed by atoms with E-state index in [9.17, 15) is 13.2 Å². The fourth-order valence-corrected chi connectivity index (χ4v) is 1.92. The monoisotopic (exact) mass is 277 g/mol. The second-order valence-electron chi connectivity index (χ2n) is 3.49. The minimum absolute atomic E-state index is 0.188. The molecule has 0 atom stereocenters. The Kier molecular flexibility index (Phi) is 3.80. The van der Waals surface area contributed by atoms with Gasteiger partial charge >= 0.3 is 6.18 Å². The van der Waals surface area contributed by atoms with Gasteiger partial charge in [-0.15, -0.1) is 10.2 Å². The van der Waals surface area contributed by atoms with Gasteiger partial charge < -0.3 is 9.88 Å². The number of hydrogen-bond donors (Lipinski definition) is 1. The SMILES string of the molecule is FC(F)(F)c1nnc(NCCCn2ccnc2)s1. The normalized spacial score (nSPS) is 11.7. The molecule has 0 saturated carbocycles. The minimum Gasteiger partial charge on any atom is -0.360 e. The highest BCUT2D eigenvalue weighted by atomic mass is 32.1. The molecule has 0 amide bonds. The van der Waals surface area contributed by atoms with Crippen LogP contribution in [0.25, 0.3) is 0 Å². The Bertz CT molecular complexity index is 479. The molecule has 0 bridgehead atoms. The number of hydrogen-bond acceptors (Lipinski definition) is 5. The molecule has 0 saturated heterocycles. The number of halogens is 3. The summed E-state index contributed by atoms with van der Waals surface area (Å²) in [4.78, 5) is 3.89. The average Bonchev–Trinajstić information content (AvgIpc) is 2.95. The van der Waals surface area contributed by atoms with E-state index in [4.69, 9.17) is 0 Å². The van der Waals surface area contributed by atoms with Crippen molar-refractivity contribution in [3.63, 3.8) is 0 Å². The Balaban J connectivity index is 1.75. The molecule has 0 spiro atoms. The Labute approximate surface area is 105 Å². The predicted octanol–water partition coefficient (Wildman–Crippen LogP) is 2.26. The van der Waals surface area contributed by atoms with Crippen LogP contribution in [0.5, 0.6) is 0 Å². The molecule has 0 radical (unpaired) electrons. The Morgan fingerprint density at radius 1 is 1.33 bits per heavy atom. The van der Waals surface area contributed by atoms with Crippen LogP contribution in [-0.4, -0.2) is 26.3 Å². The molecule has 0 aliphatic rings. The molecular weight excluding hydrogens is 267 g/mol. The van der Waals surface area contributed by atoms with Gasteiger partial charge in [0.1, 0.15) is 0 Å². The molecule has 0 aliphatic carbocycles. The maximum Gasteiger partial charge on any atom is 0.445 e. The summed E-state index contributed by atoms with van der Waals surface area (Å²) in [6, 6.07) is 0. The first-order chi connectivity index (χ1) is 8.55. The molecule has 18 heavy (non-hydrogen) atoms. The number of nitrogens with zero attached hydrogens (tertiary/aromatic N) is 4. The zero-order valence-corrected chi connectivity index (χ0v) is 10.0. The van der Waals surface area contributed by atoms with Crippen LogP contribution in [0.2, 0.25) is 0 Å². The largest absolute Gasteiger partial charge is 0.445 e. The van der Waals surface area contributed by atoms with Crippen LogP contribution in [-0.2, 0) is 12.7 Å². The lowest BCUT2D eigenvalue weighted by molar-refractivity contribution is -0.138. The van der Waals surface area contributed by atoms with E-state index < -0.39 is 11.2 Å². The fraction of sp³-hybridized carbons (Fsp3) is 0.444. The molecule has 98 valence electrons. The summed E-state index contributed by atoms with van der Waals surface area (Å²) in [5, 5.41) is 8.59. The van der Waals surface area contributed by atoms with Gasteiger partial charge in [-0.05, 0) is 6.42 Å². The zero-order chi connectivity index (χ0) is 13.0. The van der Waals surface area contributed by atoms with Crippen LogP contribution in [0.3, 0.4) is 0 Å². The summed E-state index contributed by atoms with van der Waals surface area (Å²) in [5.74, 6) is 0. The minimum atomic E-state index is -4.42. The van der Waals surface area contributed by atoms with E-state index in [1.54, 1.807) is 12.5 Å². The topological polar surface area (TPSA) is 55.6 Å². The van der Waals surface area contributed by atoms with E-state index in [0.717, 1.165) is 13.0 Å². The van der Waals surface area contributed by atoms with Crippen molar-refractivity contribution in [1.29, 1.82) is 0 Å². The molecule has 2 heterocycles. The van der Waals surface area contributed by atoms with Gasteiger partial charge in [-0.2, -0.15) is 13.2 Å².